The summed E-state index contributed by atoms with van der Waals surface area (Å²) >= 11 is 0.881. The van der Waals surface area contributed by atoms with Crippen molar-refractivity contribution in [1.82, 2.24) is 9.47 Å². The monoisotopic (exact) mass is 423 g/mol. The highest BCUT2D eigenvalue weighted by Crippen LogP contribution is 2.33. The van der Waals surface area contributed by atoms with Crippen LogP contribution in [-0.4, -0.2) is 33.1 Å². The highest BCUT2D eigenvalue weighted by Gasteiger charge is 2.36. The van der Waals surface area contributed by atoms with E-state index in [1.54, 1.807) is 18.2 Å². The molecule has 156 valence electrons. The molecule has 0 atom stereocenters. The Morgan fingerprint density at radius 1 is 1.13 bits per heavy atom. The van der Waals surface area contributed by atoms with Gasteiger partial charge in [-0.25, -0.2) is 0 Å². The van der Waals surface area contributed by atoms with E-state index >= 15 is 0 Å². The van der Waals surface area contributed by atoms with Crippen molar-refractivity contribution < 1.29 is 14.4 Å². The van der Waals surface area contributed by atoms with Gasteiger partial charge in [0.1, 0.15) is 6.54 Å². The Hall–Kier alpha value is -2.80. The van der Waals surface area contributed by atoms with E-state index in [1.165, 1.54) is 32.1 Å². The minimum atomic E-state index is -0.422. The van der Waals surface area contributed by atoms with Crippen LogP contribution in [0.15, 0.2) is 47.6 Å². The Morgan fingerprint density at radius 3 is 2.60 bits per heavy atom. The number of carbonyl (C=O) groups is 3. The second-order valence-corrected chi connectivity index (χ2v) is 8.86. The molecule has 0 unspecified atom stereocenters. The summed E-state index contributed by atoms with van der Waals surface area (Å²) in [6, 6.07) is 9.83. The van der Waals surface area contributed by atoms with Crippen molar-refractivity contribution in [2.45, 2.75) is 45.1 Å². The van der Waals surface area contributed by atoms with Gasteiger partial charge in [0, 0.05) is 24.1 Å². The number of nitrogens with zero attached hydrogens (tertiary/aromatic N) is 2. The number of imide groups is 1. The fourth-order valence-electron chi connectivity index (χ4n) is 3.89. The fraction of sp³-hybridized carbons (Fsp3) is 0.348. The molecule has 0 bridgehead atoms. The van der Waals surface area contributed by atoms with Crippen molar-refractivity contribution in [2.24, 2.45) is 0 Å². The van der Waals surface area contributed by atoms with E-state index < -0.39 is 17.1 Å². The van der Waals surface area contributed by atoms with Crippen LogP contribution in [0.2, 0.25) is 0 Å². The van der Waals surface area contributed by atoms with E-state index in [-0.39, 0.29) is 6.54 Å². The maximum Gasteiger partial charge on any atom is 0.294 e. The van der Waals surface area contributed by atoms with Crippen LogP contribution in [0, 0.1) is 6.92 Å². The van der Waals surface area contributed by atoms with Gasteiger partial charge < -0.3 is 9.88 Å². The minimum absolute atomic E-state index is 0.293. The fourth-order valence-corrected chi connectivity index (χ4v) is 4.73. The summed E-state index contributed by atoms with van der Waals surface area (Å²) in [5.41, 5.74) is 2.62. The molecule has 1 saturated heterocycles. The summed E-state index contributed by atoms with van der Waals surface area (Å²) < 4.78 is 2.21. The number of carbonyl (C=O) groups excluding carboxylic acids is 3. The molecule has 1 aromatic carbocycles. The van der Waals surface area contributed by atoms with Crippen LogP contribution in [0.1, 0.15) is 49.3 Å². The van der Waals surface area contributed by atoms with Gasteiger partial charge in [-0.05, 0) is 61.4 Å². The molecule has 2 aromatic rings. The standard InChI is InChI=1S/C23H25N3O3S/c1-16-7-9-18(10-8-16)24-21(27)15-26-22(28)20(30-23(26)29)13-17-11-12-25(14-17)19-5-3-2-4-6-19/h7-14,19H,2-6,15H2,1H3,(H,24,27)/b20-13+. The maximum absolute atomic E-state index is 12.7. The van der Waals surface area contributed by atoms with Gasteiger partial charge in [0.2, 0.25) is 5.91 Å². The normalized spacial score (nSPS) is 19.0. The number of aryl methyl sites for hydroxylation is 1. The van der Waals surface area contributed by atoms with Crippen LogP contribution >= 0.6 is 11.8 Å². The van der Waals surface area contributed by atoms with E-state index in [0.29, 0.717) is 16.6 Å². The summed E-state index contributed by atoms with van der Waals surface area (Å²) in [6.07, 6.45) is 12.0. The van der Waals surface area contributed by atoms with Gasteiger partial charge >= 0.3 is 0 Å². The molecule has 2 heterocycles. The quantitative estimate of drug-likeness (QED) is 0.689. The predicted molar refractivity (Wildman–Crippen MR) is 119 cm³/mol. The van der Waals surface area contributed by atoms with Crippen molar-refractivity contribution in [1.29, 1.82) is 0 Å². The van der Waals surface area contributed by atoms with E-state index in [2.05, 4.69) is 9.88 Å². The summed E-state index contributed by atoms with van der Waals surface area (Å²) in [4.78, 5) is 38.7. The predicted octanol–water partition coefficient (Wildman–Crippen LogP) is 4.98. The lowest BCUT2D eigenvalue weighted by atomic mass is 9.95. The molecule has 0 spiro atoms. The van der Waals surface area contributed by atoms with Crippen molar-refractivity contribution >= 4 is 40.6 Å². The molecule has 1 aromatic heterocycles. The number of hydrogen-bond acceptors (Lipinski definition) is 4. The smallest absolute Gasteiger partial charge is 0.294 e. The number of thioether (sulfide) groups is 1. The van der Waals surface area contributed by atoms with Gasteiger partial charge in [0.05, 0.1) is 4.91 Å². The lowest BCUT2D eigenvalue weighted by molar-refractivity contribution is -0.127. The zero-order valence-electron chi connectivity index (χ0n) is 17.0. The third kappa shape index (κ3) is 4.67. The van der Waals surface area contributed by atoms with Crippen LogP contribution in [0.25, 0.3) is 6.08 Å². The van der Waals surface area contributed by atoms with Gasteiger partial charge in [-0.15, -0.1) is 0 Å². The molecule has 7 heteroatoms. The molecule has 1 saturated carbocycles. The van der Waals surface area contributed by atoms with E-state index in [4.69, 9.17) is 0 Å². The number of anilines is 1. The zero-order chi connectivity index (χ0) is 21.1. The first-order valence-corrected chi connectivity index (χ1v) is 11.1. The largest absolute Gasteiger partial charge is 0.351 e. The Balaban J connectivity index is 1.40. The molecule has 3 amide bonds. The number of hydrogen-bond donors (Lipinski definition) is 1. The molecule has 1 N–H and O–H groups in total. The van der Waals surface area contributed by atoms with Gasteiger partial charge in [-0.3, -0.25) is 19.3 Å². The number of benzene rings is 1. The summed E-state index contributed by atoms with van der Waals surface area (Å²) in [5, 5.41) is 2.30. The number of amides is 3. The average molecular weight is 424 g/mol. The zero-order valence-corrected chi connectivity index (χ0v) is 17.8. The highest BCUT2D eigenvalue weighted by molar-refractivity contribution is 8.18. The van der Waals surface area contributed by atoms with E-state index in [0.717, 1.165) is 27.8 Å². The molecule has 1 aliphatic carbocycles. The van der Waals surface area contributed by atoms with Crippen molar-refractivity contribution in [3.05, 3.63) is 58.8 Å². The number of aromatic nitrogens is 1. The minimum Gasteiger partial charge on any atom is -0.351 e. The van der Waals surface area contributed by atoms with E-state index in [9.17, 15) is 14.4 Å². The molecule has 2 aliphatic rings. The van der Waals surface area contributed by atoms with Crippen molar-refractivity contribution in [2.75, 3.05) is 11.9 Å². The average Bonchev–Trinajstić information content (AvgIpc) is 3.31. The molecule has 6 nitrogen and oxygen atoms in total. The Bertz CT molecular complexity index is 987. The van der Waals surface area contributed by atoms with Gasteiger partial charge in [0.25, 0.3) is 11.1 Å². The molecular formula is C23H25N3O3S. The Labute approximate surface area is 180 Å². The summed E-state index contributed by atoms with van der Waals surface area (Å²) in [6.45, 7) is 1.67. The first kappa shape index (κ1) is 20.5. The maximum atomic E-state index is 12.7. The second-order valence-electron chi connectivity index (χ2n) is 7.87. The lowest BCUT2D eigenvalue weighted by Gasteiger charge is -2.23. The summed E-state index contributed by atoms with van der Waals surface area (Å²) in [5.74, 6) is -0.819. The van der Waals surface area contributed by atoms with Crippen LogP contribution in [0.4, 0.5) is 10.5 Å². The molecule has 4 rings (SSSR count). The van der Waals surface area contributed by atoms with Gasteiger partial charge in [-0.2, -0.15) is 0 Å². The Morgan fingerprint density at radius 2 is 1.87 bits per heavy atom. The highest BCUT2D eigenvalue weighted by atomic mass is 32.2. The third-order valence-corrected chi connectivity index (χ3v) is 6.45. The first-order valence-electron chi connectivity index (χ1n) is 10.3. The molecule has 0 radical (unpaired) electrons. The Kier molecular flexibility index (Phi) is 6.08. The van der Waals surface area contributed by atoms with E-state index in [1.807, 2.05) is 37.5 Å². The van der Waals surface area contributed by atoms with Crippen molar-refractivity contribution in [3.8, 4) is 0 Å². The second kappa shape index (κ2) is 8.92. The van der Waals surface area contributed by atoms with Gasteiger partial charge in [-0.1, -0.05) is 37.0 Å². The molecule has 30 heavy (non-hydrogen) atoms. The lowest BCUT2D eigenvalue weighted by Crippen LogP contribution is -2.36. The van der Waals surface area contributed by atoms with Crippen molar-refractivity contribution in [3.63, 3.8) is 0 Å². The van der Waals surface area contributed by atoms with Crippen LogP contribution in [0.3, 0.4) is 0 Å². The van der Waals surface area contributed by atoms with Gasteiger partial charge in [0.15, 0.2) is 0 Å². The van der Waals surface area contributed by atoms with Crippen LogP contribution in [0.5, 0.6) is 0 Å². The third-order valence-electron chi connectivity index (χ3n) is 5.54. The topological polar surface area (TPSA) is 71.4 Å². The summed E-state index contributed by atoms with van der Waals surface area (Å²) in [7, 11) is 0. The van der Waals surface area contributed by atoms with Crippen LogP contribution < -0.4 is 5.32 Å². The molecule has 2 fully saturated rings. The number of rotatable bonds is 5. The first-order chi connectivity index (χ1) is 14.5. The molecule has 1 aliphatic heterocycles. The SMILES string of the molecule is Cc1ccc(NC(=O)CN2C(=O)S/C(=C/c3ccn(C4CCCCC4)c3)C2=O)cc1. The molecular weight excluding hydrogens is 398 g/mol. The number of nitrogens with one attached hydrogen (secondary N) is 1. The van der Waals surface area contributed by atoms with Crippen LogP contribution in [-0.2, 0) is 9.59 Å².